The van der Waals surface area contributed by atoms with Crippen molar-refractivity contribution in [1.29, 1.82) is 0 Å². The molecule has 23 heavy (non-hydrogen) atoms. The summed E-state index contributed by atoms with van der Waals surface area (Å²) in [6.07, 6.45) is 10.4. The zero-order valence-electron chi connectivity index (χ0n) is 14.8. The second kappa shape index (κ2) is 9.39. The van der Waals surface area contributed by atoms with Crippen molar-refractivity contribution in [3.05, 3.63) is 53.6 Å². The molecular weight excluding hydrogens is 278 g/mol. The predicted molar refractivity (Wildman–Crippen MR) is 103 cm³/mol. The molecule has 0 radical (unpaired) electrons. The van der Waals surface area contributed by atoms with E-state index in [1.165, 1.54) is 67.2 Å². The summed E-state index contributed by atoms with van der Waals surface area (Å²) in [6, 6.07) is 15.3. The molecule has 0 saturated heterocycles. The quantitative estimate of drug-likeness (QED) is 0.421. The van der Waals surface area contributed by atoms with Crippen molar-refractivity contribution in [2.75, 3.05) is 5.73 Å². The number of anilines is 1. The Hall–Kier alpha value is -1.76. The Kier molecular flexibility index (Phi) is 7.19. The maximum atomic E-state index is 5.90. The number of rotatable bonds is 9. The minimum absolute atomic E-state index is 0.852. The molecule has 0 fully saturated rings. The number of nitrogen functional groups attached to an aromatic ring is 1. The van der Waals surface area contributed by atoms with Crippen molar-refractivity contribution in [3.8, 4) is 11.1 Å². The van der Waals surface area contributed by atoms with Crippen molar-refractivity contribution >= 4 is 5.69 Å². The first-order valence-electron chi connectivity index (χ1n) is 9.22. The van der Waals surface area contributed by atoms with Crippen LogP contribution >= 0.6 is 0 Å². The molecule has 2 aromatic rings. The monoisotopic (exact) mass is 309 g/mol. The zero-order valence-corrected chi connectivity index (χ0v) is 14.8. The van der Waals surface area contributed by atoms with E-state index in [1.54, 1.807) is 0 Å². The van der Waals surface area contributed by atoms with Crippen molar-refractivity contribution in [3.63, 3.8) is 0 Å². The van der Waals surface area contributed by atoms with Crippen LogP contribution in [0.15, 0.2) is 42.5 Å². The molecule has 0 aliphatic carbocycles. The third kappa shape index (κ3) is 5.42. The van der Waals surface area contributed by atoms with Gasteiger partial charge in [0.1, 0.15) is 0 Å². The highest BCUT2D eigenvalue weighted by Crippen LogP contribution is 2.26. The van der Waals surface area contributed by atoms with Crippen LogP contribution < -0.4 is 5.73 Å². The van der Waals surface area contributed by atoms with Gasteiger partial charge in [-0.05, 0) is 53.6 Å². The van der Waals surface area contributed by atoms with Gasteiger partial charge in [-0.1, -0.05) is 76.3 Å². The van der Waals surface area contributed by atoms with Crippen LogP contribution in [0.5, 0.6) is 0 Å². The lowest BCUT2D eigenvalue weighted by Gasteiger charge is -2.10. The van der Waals surface area contributed by atoms with Crippen LogP contribution in [-0.2, 0) is 12.8 Å². The molecule has 124 valence electrons. The summed E-state index contributed by atoms with van der Waals surface area (Å²) in [4.78, 5) is 0. The first-order valence-corrected chi connectivity index (χ1v) is 9.22. The normalized spacial score (nSPS) is 10.9. The molecular formula is C22H31N. The van der Waals surface area contributed by atoms with E-state index in [1.807, 2.05) is 6.07 Å². The average Bonchev–Trinajstić information content (AvgIpc) is 2.58. The van der Waals surface area contributed by atoms with Gasteiger partial charge in [-0.25, -0.2) is 0 Å². The molecule has 0 spiro atoms. The molecule has 0 aliphatic heterocycles. The van der Waals surface area contributed by atoms with Crippen molar-refractivity contribution in [2.45, 2.75) is 65.2 Å². The Morgan fingerprint density at radius 3 is 2.17 bits per heavy atom. The topological polar surface area (TPSA) is 26.0 Å². The van der Waals surface area contributed by atoms with Crippen molar-refractivity contribution in [1.82, 2.24) is 0 Å². The fourth-order valence-corrected chi connectivity index (χ4v) is 3.15. The summed E-state index contributed by atoms with van der Waals surface area (Å²) in [5.74, 6) is 0. The van der Waals surface area contributed by atoms with Crippen LogP contribution in [0.3, 0.4) is 0 Å². The van der Waals surface area contributed by atoms with Gasteiger partial charge in [0.2, 0.25) is 0 Å². The van der Waals surface area contributed by atoms with Gasteiger partial charge in [-0.2, -0.15) is 0 Å². The van der Waals surface area contributed by atoms with E-state index in [-0.39, 0.29) is 0 Å². The summed E-state index contributed by atoms with van der Waals surface area (Å²) < 4.78 is 0. The number of hydrogen-bond acceptors (Lipinski definition) is 1. The van der Waals surface area contributed by atoms with Crippen LogP contribution in [0.1, 0.15) is 63.5 Å². The smallest absolute Gasteiger partial charge is 0.0317 e. The Labute approximate surface area is 141 Å². The Bertz CT molecular complexity index is 583. The second-order valence-corrected chi connectivity index (χ2v) is 6.48. The lowest BCUT2D eigenvalue weighted by atomic mass is 9.96. The summed E-state index contributed by atoms with van der Waals surface area (Å²) in [7, 11) is 0. The Morgan fingerprint density at radius 1 is 0.783 bits per heavy atom. The number of hydrogen-bond donors (Lipinski definition) is 1. The van der Waals surface area contributed by atoms with Gasteiger partial charge in [0.15, 0.2) is 0 Å². The van der Waals surface area contributed by atoms with Gasteiger partial charge in [-0.3, -0.25) is 0 Å². The number of unbranched alkanes of at least 4 members (excludes halogenated alkanes) is 5. The summed E-state index contributed by atoms with van der Waals surface area (Å²) in [6.45, 7) is 4.46. The Morgan fingerprint density at radius 2 is 1.48 bits per heavy atom. The van der Waals surface area contributed by atoms with Crippen LogP contribution in [-0.4, -0.2) is 0 Å². The number of benzene rings is 2. The maximum Gasteiger partial charge on any atom is 0.0317 e. The molecule has 0 heterocycles. The molecule has 2 rings (SSSR count). The van der Waals surface area contributed by atoms with Crippen LogP contribution in [0.2, 0.25) is 0 Å². The molecule has 0 saturated carbocycles. The molecule has 0 unspecified atom stereocenters. The number of aryl methyl sites for hydroxylation is 2. The minimum Gasteiger partial charge on any atom is -0.399 e. The van der Waals surface area contributed by atoms with Crippen LogP contribution in [0.4, 0.5) is 5.69 Å². The minimum atomic E-state index is 0.852. The molecule has 0 atom stereocenters. The fraction of sp³-hybridized carbons (Fsp3) is 0.455. The standard InChI is InChI=1S/C22H31N/c1-3-5-6-7-8-9-10-18-11-13-20(14-12-18)22-16-15-21(23)17-19(22)4-2/h11-17H,3-10,23H2,1-2H3. The van der Waals surface area contributed by atoms with E-state index in [4.69, 9.17) is 5.73 Å². The van der Waals surface area contributed by atoms with Gasteiger partial charge in [0.05, 0.1) is 0 Å². The third-order valence-corrected chi connectivity index (χ3v) is 4.59. The molecule has 1 nitrogen and oxygen atoms in total. The molecule has 0 aromatic heterocycles. The van der Waals surface area contributed by atoms with Crippen molar-refractivity contribution < 1.29 is 0 Å². The molecule has 0 aliphatic rings. The highest BCUT2D eigenvalue weighted by molar-refractivity contribution is 5.70. The fourth-order valence-electron chi connectivity index (χ4n) is 3.15. The van der Waals surface area contributed by atoms with E-state index >= 15 is 0 Å². The van der Waals surface area contributed by atoms with E-state index in [0.717, 1.165) is 12.1 Å². The lowest BCUT2D eigenvalue weighted by molar-refractivity contribution is 0.607. The van der Waals surface area contributed by atoms with Gasteiger partial charge < -0.3 is 5.73 Å². The highest BCUT2D eigenvalue weighted by Gasteiger charge is 2.04. The van der Waals surface area contributed by atoms with Crippen molar-refractivity contribution in [2.24, 2.45) is 0 Å². The van der Waals surface area contributed by atoms with E-state index < -0.39 is 0 Å². The number of nitrogens with two attached hydrogens (primary N) is 1. The summed E-state index contributed by atoms with van der Waals surface area (Å²) in [5, 5.41) is 0. The molecule has 2 N–H and O–H groups in total. The van der Waals surface area contributed by atoms with Gasteiger partial charge in [0.25, 0.3) is 0 Å². The van der Waals surface area contributed by atoms with Gasteiger partial charge >= 0.3 is 0 Å². The molecule has 0 bridgehead atoms. The maximum absolute atomic E-state index is 5.90. The first-order chi connectivity index (χ1) is 11.2. The van der Waals surface area contributed by atoms with Crippen LogP contribution in [0, 0.1) is 0 Å². The second-order valence-electron chi connectivity index (χ2n) is 6.48. The molecule has 2 aromatic carbocycles. The summed E-state index contributed by atoms with van der Waals surface area (Å²) >= 11 is 0. The predicted octanol–water partition coefficient (Wildman–Crippen LogP) is 6.40. The molecule has 0 amide bonds. The average molecular weight is 309 g/mol. The SMILES string of the molecule is CCCCCCCCc1ccc(-c2ccc(N)cc2CC)cc1. The van der Waals surface area contributed by atoms with Gasteiger partial charge in [-0.15, -0.1) is 0 Å². The third-order valence-electron chi connectivity index (χ3n) is 4.59. The first kappa shape index (κ1) is 17.6. The van der Waals surface area contributed by atoms with Crippen LogP contribution in [0.25, 0.3) is 11.1 Å². The highest BCUT2D eigenvalue weighted by atomic mass is 14.5. The molecule has 1 heteroatoms. The van der Waals surface area contributed by atoms with E-state index in [2.05, 4.69) is 50.2 Å². The van der Waals surface area contributed by atoms with E-state index in [9.17, 15) is 0 Å². The largest absolute Gasteiger partial charge is 0.399 e. The summed E-state index contributed by atoms with van der Waals surface area (Å²) in [5.41, 5.74) is 12.2. The van der Waals surface area contributed by atoms with Gasteiger partial charge in [0, 0.05) is 5.69 Å². The van der Waals surface area contributed by atoms with E-state index in [0.29, 0.717) is 0 Å². The lowest BCUT2D eigenvalue weighted by Crippen LogP contribution is -1.92. The zero-order chi connectivity index (χ0) is 16.5. The Balaban J connectivity index is 1.92.